The summed E-state index contributed by atoms with van der Waals surface area (Å²) in [5.41, 5.74) is 5.31. The molecule has 0 aromatic carbocycles. The van der Waals surface area contributed by atoms with Crippen molar-refractivity contribution in [1.29, 1.82) is 0 Å². The van der Waals surface area contributed by atoms with Gasteiger partial charge in [-0.25, -0.2) is 8.42 Å². The number of nitrogens with zero attached hydrogens (tertiary/aromatic N) is 1. The van der Waals surface area contributed by atoms with E-state index in [1.165, 1.54) is 14.0 Å². The number of nitrogens with two attached hydrogens (primary N) is 1. The van der Waals surface area contributed by atoms with Gasteiger partial charge in [0, 0.05) is 13.6 Å². The second-order valence-corrected chi connectivity index (χ2v) is 7.38. The molecule has 0 bridgehead atoms. The van der Waals surface area contributed by atoms with Crippen LogP contribution in [0.5, 0.6) is 0 Å². The van der Waals surface area contributed by atoms with Crippen molar-refractivity contribution in [2.75, 3.05) is 20.1 Å². The quantitative estimate of drug-likeness (QED) is 0.629. The van der Waals surface area contributed by atoms with Gasteiger partial charge in [0.05, 0.1) is 11.5 Å². The number of likely N-dealkylation sites (N-methyl/N-ethyl adjacent to an activating group) is 1. The molecule has 0 aromatic heterocycles. The highest BCUT2D eigenvalue weighted by molar-refractivity contribution is 7.92. The standard InChI is InChI=1S/C10H21N3O3S2/c1-7(2)5-12-9(14)6-13(4)18(15,16)8(3)10(11)17/h7-8H,5-6H2,1-4H3,(H2,11,17)(H,12,14). The van der Waals surface area contributed by atoms with Gasteiger partial charge in [0.15, 0.2) is 0 Å². The van der Waals surface area contributed by atoms with E-state index in [4.69, 9.17) is 5.73 Å². The topological polar surface area (TPSA) is 92.5 Å². The number of hydrogen-bond donors (Lipinski definition) is 2. The fourth-order valence-electron chi connectivity index (χ4n) is 1.08. The van der Waals surface area contributed by atoms with Gasteiger partial charge >= 0.3 is 0 Å². The Hall–Kier alpha value is -0.730. The van der Waals surface area contributed by atoms with Crippen molar-refractivity contribution in [3.05, 3.63) is 0 Å². The van der Waals surface area contributed by atoms with Crippen molar-refractivity contribution < 1.29 is 13.2 Å². The summed E-state index contributed by atoms with van der Waals surface area (Å²) in [6.07, 6.45) is 0. The lowest BCUT2D eigenvalue weighted by Gasteiger charge is -2.21. The van der Waals surface area contributed by atoms with Crippen LogP contribution in [0.25, 0.3) is 0 Å². The van der Waals surface area contributed by atoms with E-state index >= 15 is 0 Å². The first-order chi connectivity index (χ1) is 8.09. The lowest BCUT2D eigenvalue weighted by molar-refractivity contribution is -0.121. The van der Waals surface area contributed by atoms with E-state index in [2.05, 4.69) is 17.5 Å². The van der Waals surface area contributed by atoms with Gasteiger partial charge in [-0.15, -0.1) is 0 Å². The summed E-state index contributed by atoms with van der Waals surface area (Å²) in [4.78, 5) is 11.4. The number of thiocarbonyl (C=S) groups is 1. The number of sulfonamides is 1. The summed E-state index contributed by atoms with van der Waals surface area (Å²) in [7, 11) is -2.33. The van der Waals surface area contributed by atoms with Crippen LogP contribution in [0.4, 0.5) is 0 Å². The summed E-state index contributed by atoms with van der Waals surface area (Å²) in [5, 5.41) is 1.67. The van der Waals surface area contributed by atoms with Crippen LogP contribution in [0.2, 0.25) is 0 Å². The minimum absolute atomic E-state index is 0.107. The number of hydrogen-bond acceptors (Lipinski definition) is 4. The Bertz CT molecular complexity index is 407. The van der Waals surface area contributed by atoms with Gasteiger partial charge in [0.2, 0.25) is 15.9 Å². The summed E-state index contributed by atoms with van der Waals surface area (Å²) >= 11 is 4.66. The zero-order chi connectivity index (χ0) is 14.5. The van der Waals surface area contributed by atoms with Crippen molar-refractivity contribution in [1.82, 2.24) is 9.62 Å². The monoisotopic (exact) mass is 295 g/mol. The van der Waals surface area contributed by atoms with E-state index in [9.17, 15) is 13.2 Å². The van der Waals surface area contributed by atoms with Crippen LogP contribution < -0.4 is 11.1 Å². The molecular weight excluding hydrogens is 274 g/mol. The smallest absolute Gasteiger partial charge is 0.235 e. The van der Waals surface area contributed by atoms with Crippen molar-refractivity contribution in [3.8, 4) is 0 Å². The van der Waals surface area contributed by atoms with Gasteiger partial charge in [0.25, 0.3) is 0 Å². The highest BCUT2D eigenvalue weighted by Gasteiger charge is 2.29. The molecule has 0 saturated heterocycles. The molecule has 1 amide bonds. The van der Waals surface area contributed by atoms with Crippen molar-refractivity contribution in [2.45, 2.75) is 26.0 Å². The molecule has 0 aliphatic carbocycles. The number of carbonyl (C=O) groups is 1. The highest BCUT2D eigenvalue weighted by atomic mass is 32.2. The Morgan fingerprint density at radius 1 is 1.39 bits per heavy atom. The number of nitrogens with one attached hydrogen (secondary N) is 1. The van der Waals surface area contributed by atoms with E-state index in [-0.39, 0.29) is 17.4 Å². The lowest BCUT2D eigenvalue weighted by Crippen LogP contribution is -2.45. The lowest BCUT2D eigenvalue weighted by atomic mass is 10.2. The first kappa shape index (κ1) is 17.3. The average molecular weight is 295 g/mol. The van der Waals surface area contributed by atoms with Crippen LogP contribution in [-0.2, 0) is 14.8 Å². The fraction of sp³-hybridized carbons (Fsp3) is 0.800. The highest BCUT2D eigenvalue weighted by Crippen LogP contribution is 2.06. The van der Waals surface area contributed by atoms with Crippen LogP contribution >= 0.6 is 12.2 Å². The van der Waals surface area contributed by atoms with Crippen LogP contribution in [0.3, 0.4) is 0 Å². The largest absolute Gasteiger partial charge is 0.392 e. The van der Waals surface area contributed by atoms with E-state index in [1.807, 2.05) is 13.8 Å². The van der Waals surface area contributed by atoms with Gasteiger partial charge in [-0.3, -0.25) is 4.79 Å². The Morgan fingerprint density at radius 3 is 2.28 bits per heavy atom. The molecule has 0 fully saturated rings. The zero-order valence-electron chi connectivity index (χ0n) is 11.1. The third-order valence-corrected chi connectivity index (χ3v) is 5.00. The molecule has 6 nitrogen and oxygen atoms in total. The van der Waals surface area contributed by atoms with Crippen LogP contribution in [0, 0.1) is 5.92 Å². The van der Waals surface area contributed by atoms with Crippen molar-refractivity contribution >= 4 is 33.1 Å². The maximum absolute atomic E-state index is 11.9. The third kappa shape index (κ3) is 5.28. The molecule has 0 saturated carbocycles. The summed E-state index contributed by atoms with van der Waals surface area (Å²) in [6, 6.07) is 0. The van der Waals surface area contributed by atoms with Gasteiger partial charge < -0.3 is 11.1 Å². The molecule has 3 N–H and O–H groups in total. The van der Waals surface area contributed by atoms with Crippen LogP contribution in [-0.4, -0.2) is 49.0 Å². The number of amides is 1. The summed E-state index contributed by atoms with van der Waals surface area (Å²) < 4.78 is 24.8. The first-order valence-electron chi connectivity index (χ1n) is 5.60. The molecule has 0 aromatic rings. The first-order valence-corrected chi connectivity index (χ1v) is 7.51. The summed E-state index contributed by atoms with van der Waals surface area (Å²) in [6.45, 7) is 5.59. The molecule has 0 spiro atoms. The molecule has 8 heteroatoms. The zero-order valence-corrected chi connectivity index (χ0v) is 12.8. The average Bonchev–Trinajstić information content (AvgIpc) is 2.24. The minimum Gasteiger partial charge on any atom is -0.392 e. The molecule has 0 rings (SSSR count). The van der Waals surface area contributed by atoms with E-state index in [1.54, 1.807) is 0 Å². The van der Waals surface area contributed by atoms with Gasteiger partial charge in [0.1, 0.15) is 5.25 Å². The Kier molecular flexibility index (Phi) is 6.72. The normalized spacial score (nSPS) is 13.7. The molecule has 0 aliphatic heterocycles. The van der Waals surface area contributed by atoms with Crippen molar-refractivity contribution in [2.24, 2.45) is 11.7 Å². The second-order valence-electron chi connectivity index (χ2n) is 4.54. The van der Waals surface area contributed by atoms with E-state index < -0.39 is 15.3 Å². The van der Waals surface area contributed by atoms with Crippen LogP contribution in [0.1, 0.15) is 20.8 Å². The molecular formula is C10H21N3O3S2. The second kappa shape index (κ2) is 7.01. The van der Waals surface area contributed by atoms with Gasteiger partial charge in [-0.2, -0.15) is 4.31 Å². The summed E-state index contributed by atoms with van der Waals surface area (Å²) in [5.74, 6) is -0.0312. The Balaban J connectivity index is 4.53. The van der Waals surface area contributed by atoms with Crippen molar-refractivity contribution in [3.63, 3.8) is 0 Å². The molecule has 1 atom stereocenters. The maximum atomic E-state index is 11.9. The van der Waals surface area contributed by atoms with Gasteiger partial charge in [-0.05, 0) is 12.8 Å². The van der Waals surface area contributed by atoms with Crippen LogP contribution in [0.15, 0.2) is 0 Å². The molecule has 106 valence electrons. The minimum atomic E-state index is -3.67. The third-order valence-electron chi connectivity index (χ3n) is 2.36. The molecule has 0 radical (unpaired) electrons. The fourth-order valence-corrected chi connectivity index (χ4v) is 2.58. The van der Waals surface area contributed by atoms with E-state index in [0.717, 1.165) is 4.31 Å². The van der Waals surface area contributed by atoms with E-state index in [0.29, 0.717) is 12.5 Å². The number of rotatable bonds is 7. The maximum Gasteiger partial charge on any atom is 0.235 e. The predicted octanol–water partition coefficient (Wildman–Crippen LogP) is -0.305. The predicted molar refractivity (Wildman–Crippen MR) is 75.6 cm³/mol. The molecule has 0 aliphatic rings. The Morgan fingerprint density at radius 2 is 1.89 bits per heavy atom. The Labute approximate surface area is 114 Å². The molecule has 0 heterocycles. The molecule has 1 unspecified atom stereocenters. The van der Waals surface area contributed by atoms with Gasteiger partial charge in [-0.1, -0.05) is 26.1 Å². The SMILES string of the molecule is CC(C)CNC(=O)CN(C)S(=O)(=O)C(C)C(N)=S. The number of carbonyl (C=O) groups excluding carboxylic acids is 1. The molecule has 18 heavy (non-hydrogen) atoms.